The molecule has 148 valence electrons. The van der Waals surface area contributed by atoms with Crippen LogP contribution in [-0.2, 0) is 4.74 Å². The number of carbonyl (C=O) groups is 2. The van der Waals surface area contributed by atoms with E-state index in [0.717, 1.165) is 11.4 Å². The summed E-state index contributed by atoms with van der Waals surface area (Å²) in [5, 5.41) is 3.34. The Morgan fingerprint density at radius 3 is 2.29 bits per heavy atom. The van der Waals surface area contributed by atoms with Gasteiger partial charge in [0.1, 0.15) is 5.69 Å². The Hall–Kier alpha value is -3.09. The van der Waals surface area contributed by atoms with E-state index in [2.05, 4.69) is 42.3 Å². The average Bonchev–Trinajstić information content (AvgIpc) is 2.67. The summed E-state index contributed by atoms with van der Waals surface area (Å²) < 4.78 is 5.01. The number of hydrogen-bond donors (Lipinski definition) is 1. The van der Waals surface area contributed by atoms with Crippen molar-refractivity contribution in [3.63, 3.8) is 0 Å². The van der Waals surface area contributed by atoms with Gasteiger partial charge in [0, 0.05) is 43.8 Å². The molecule has 1 fully saturated rings. The third-order valence-electron chi connectivity index (χ3n) is 4.58. The second kappa shape index (κ2) is 8.73. The second-order valence-corrected chi connectivity index (χ2v) is 6.91. The second-order valence-electron chi connectivity index (χ2n) is 6.91. The number of nitrogens with one attached hydrogen (secondary N) is 1. The van der Waals surface area contributed by atoms with Crippen molar-refractivity contribution >= 4 is 23.4 Å². The Balaban J connectivity index is 1.65. The summed E-state index contributed by atoms with van der Waals surface area (Å²) in [6.07, 6.45) is 1.31. The summed E-state index contributed by atoms with van der Waals surface area (Å²) in [6.45, 7) is 8.09. The molecule has 28 heavy (non-hydrogen) atoms. The topological polar surface area (TPSA) is 74.8 Å². The van der Waals surface area contributed by atoms with Gasteiger partial charge in [0.15, 0.2) is 0 Å². The van der Waals surface area contributed by atoms with Gasteiger partial charge >= 0.3 is 6.09 Å². The number of piperazine rings is 1. The summed E-state index contributed by atoms with van der Waals surface area (Å²) in [5.41, 5.74) is 4.53. The van der Waals surface area contributed by atoms with Crippen LogP contribution in [0.2, 0.25) is 0 Å². The number of amides is 2. The van der Waals surface area contributed by atoms with Crippen LogP contribution in [0.25, 0.3) is 0 Å². The Morgan fingerprint density at radius 2 is 1.64 bits per heavy atom. The Bertz CT molecular complexity index is 840. The lowest BCUT2D eigenvalue weighted by molar-refractivity contribution is 0.0566. The van der Waals surface area contributed by atoms with Crippen LogP contribution in [0.15, 0.2) is 36.5 Å². The van der Waals surface area contributed by atoms with Crippen LogP contribution >= 0.6 is 0 Å². The number of hydrogen-bond acceptors (Lipinski definition) is 5. The molecule has 1 aliphatic rings. The van der Waals surface area contributed by atoms with Crippen LogP contribution < -0.4 is 5.32 Å². The van der Waals surface area contributed by atoms with Crippen molar-refractivity contribution in [1.29, 1.82) is 0 Å². The first-order valence-corrected chi connectivity index (χ1v) is 9.48. The zero-order valence-corrected chi connectivity index (χ0v) is 16.6. The molecule has 0 atom stereocenters. The predicted octanol–water partition coefficient (Wildman–Crippen LogP) is 3.36. The van der Waals surface area contributed by atoms with E-state index in [0.29, 0.717) is 38.5 Å². The molecule has 3 rings (SSSR count). The number of rotatable bonds is 4. The SMILES string of the molecule is CCOC(=O)N1CCN(C(=O)c2cc(Nc3cc(C)cc(C)c3)ccn2)CC1. The van der Waals surface area contributed by atoms with Gasteiger partial charge in [0.25, 0.3) is 5.91 Å². The van der Waals surface area contributed by atoms with Crippen molar-refractivity contribution in [2.75, 3.05) is 38.1 Å². The van der Waals surface area contributed by atoms with Crippen LogP contribution in [0.1, 0.15) is 28.5 Å². The Kier molecular flexibility index (Phi) is 6.13. The molecule has 1 aromatic carbocycles. The average molecular weight is 382 g/mol. The molecular weight excluding hydrogens is 356 g/mol. The van der Waals surface area contributed by atoms with Crippen LogP contribution in [0.4, 0.5) is 16.2 Å². The van der Waals surface area contributed by atoms with Crippen molar-refractivity contribution in [2.24, 2.45) is 0 Å². The molecule has 1 aliphatic heterocycles. The molecule has 0 radical (unpaired) electrons. The fourth-order valence-corrected chi connectivity index (χ4v) is 3.31. The van der Waals surface area contributed by atoms with E-state index < -0.39 is 0 Å². The first-order valence-electron chi connectivity index (χ1n) is 9.48. The minimum absolute atomic E-state index is 0.132. The zero-order valence-electron chi connectivity index (χ0n) is 16.6. The lowest BCUT2D eigenvalue weighted by Gasteiger charge is -2.33. The highest BCUT2D eigenvalue weighted by Gasteiger charge is 2.26. The summed E-state index contributed by atoms with van der Waals surface area (Å²) in [4.78, 5) is 32.2. The molecule has 0 bridgehead atoms. The number of ether oxygens (including phenoxy) is 1. The normalized spacial score (nSPS) is 14.0. The first-order chi connectivity index (χ1) is 13.5. The van der Waals surface area contributed by atoms with Crippen molar-refractivity contribution in [2.45, 2.75) is 20.8 Å². The fourth-order valence-electron chi connectivity index (χ4n) is 3.31. The molecule has 1 saturated heterocycles. The quantitative estimate of drug-likeness (QED) is 0.878. The van der Waals surface area contributed by atoms with E-state index in [9.17, 15) is 9.59 Å². The zero-order chi connectivity index (χ0) is 20.1. The van der Waals surface area contributed by atoms with Gasteiger partial charge < -0.3 is 19.9 Å². The minimum atomic E-state index is -0.327. The summed E-state index contributed by atoms with van der Waals surface area (Å²) >= 11 is 0. The minimum Gasteiger partial charge on any atom is -0.450 e. The number of aryl methyl sites for hydroxylation is 2. The van der Waals surface area contributed by atoms with Gasteiger partial charge in [-0.05, 0) is 56.2 Å². The van der Waals surface area contributed by atoms with E-state index in [4.69, 9.17) is 4.74 Å². The van der Waals surface area contributed by atoms with Gasteiger partial charge in [-0.25, -0.2) is 4.79 Å². The van der Waals surface area contributed by atoms with Crippen LogP contribution in [0.3, 0.4) is 0 Å². The lowest BCUT2D eigenvalue weighted by atomic mass is 10.1. The van der Waals surface area contributed by atoms with Crippen molar-refractivity contribution in [3.8, 4) is 0 Å². The molecule has 1 aromatic heterocycles. The standard InChI is InChI=1S/C21H26N4O3/c1-4-28-21(27)25-9-7-24(8-10-25)20(26)19-14-17(5-6-22-19)23-18-12-15(2)11-16(3)13-18/h5-6,11-14H,4,7-10H2,1-3H3,(H,22,23). The maximum absolute atomic E-state index is 12.8. The van der Waals surface area contributed by atoms with E-state index in [1.54, 1.807) is 29.0 Å². The van der Waals surface area contributed by atoms with Crippen molar-refractivity contribution in [1.82, 2.24) is 14.8 Å². The number of benzene rings is 1. The van der Waals surface area contributed by atoms with Crippen molar-refractivity contribution < 1.29 is 14.3 Å². The van der Waals surface area contributed by atoms with E-state index in [1.165, 1.54) is 11.1 Å². The Labute approximate surface area is 165 Å². The number of carbonyl (C=O) groups excluding carboxylic acids is 2. The molecule has 2 aromatic rings. The summed E-state index contributed by atoms with van der Waals surface area (Å²) in [5.74, 6) is -0.132. The summed E-state index contributed by atoms with van der Waals surface area (Å²) in [7, 11) is 0. The summed E-state index contributed by atoms with van der Waals surface area (Å²) in [6, 6.07) is 9.83. The van der Waals surface area contributed by atoms with E-state index in [1.807, 2.05) is 6.07 Å². The Morgan fingerprint density at radius 1 is 1.00 bits per heavy atom. The number of aromatic nitrogens is 1. The van der Waals surface area contributed by atoms with Gasteiger partial charge in [-0.2, -0.15) is 0 Å². The van der Waals surface area contributed by atoms with Crippen LogP contribution in [-0.4, -0.2) is 59.6 Å². The molecule has 0 saturated carbocycles. The highest BCUT2D eigenvalue weighted by molar-refractivity contribution is 5.93. The number of pyridine rings is 1. The molecule has 7 heteroatoms. The van der Waals surface area contributed by atoms with Crippen LogP contribution in [0, 0.1) is 13.8 Å². The van der Waals surface area contributed by atoms with Gasteiger partial charge in [0.05, 0.1) is 6.61 Å². The smallest absolute Gasteiger partial charge is 0.409 e. The van der Waals surface area contributed by atoms with E-state index in [-0.39, 0.29) is 12.0 Å². The van der Waals surface area contributed by atoms with Gasteiger partial charge in [-0.3, -0.25) is 9.78 Å². The fraction of sp³-hybridized carbons (Fsp3) is 0.381. The molecule has 0 spiro atoms. The highest BCUT2D eigenvalue weighted by atomic mass is 16.6. The maximum Gasteiger partial charge on any atom is 0.409 e. The highest BCUT2D eigenvalue weighted by Crippen LogP contribution is 2.20. The third kappa shape index (κ3) is 4.79. The van der Waals surface area contributed by atoms with Gasteiger partial charge in [-0.1, -0.05) is 6.07 Å². The predicted molar refractivity (Wildman–Crippen MR) is 108 cm³/mol. The number of nitrogens with zero attached hydrogens (tertiary/aromatic N) is 3. The molecule has 7 nitrogen and oxygen atoms in total. The van der Waals surface area contributed by atoms with E-state index >= 15 is 0 Å². The molecule has 2 heterocycles. The number of anilines is 2. The van der Waals surface area contributed by atoms with Gasteiger partial charge in [0.2, 0.25) is 0 Å². The largest absolute Gasteiger partial charge is 0.450 e. The lowest BCUT2D eigenvalue weighted by Crippen LogP contribution is -2.50. The molecule has 1 N–H and O–H groups in total. The monoisotopic (exact) mass is 382 g/mol. The van der Waals surface area contributed by atoms with Crippen molar-refractivity contribution in [3.05, 3.63) is 53.3 Å². The molecule has 0 aliphatic carbocycles. The van der Waals surface area contributed by atoms with Gasteiger partial charge in [-0.15, -0.1) is 0 Å². The third-order valence-corrected chi connectivity index (χ3v) is 4.58. The van der Waals surface area contributed by atoms with Crippen LogP contribution in [0.5, 0.6) is 0 Å². The molecular formula is C21H26N4O3. The maximum atomic E-state index is 12.8. The molecule has 2 amide bonds. The molecule has 0 unspecified atom stereocenters. The first kappa shape index (κ1) is 19.7.